The molecule has 0 radical (unpaired) electrons. The lowest BCUT2D eigenvalue weighted by molar-refractivity contribution is -0.152. The zero-order valence-electron chi connectivity index (χ0n) is 10.4. The highest BCUT2D eigenvalue weighted by Crippen LogP contribution is 2.42. The highest BCUT2D eigenvalue weighted by Gasteiger charge is 2.55. The molecular weight excluding hydrogens is 232 g/mol. The first-order chi connectivity index (χ1) is 8.53. The lowest BCUT2D eigenvalue weighted by Crippen LogP contribution is -2.64. The molecule has 1 N–H and O–H groups in total. The molecule has 2 aliphatic rings. The van der Waals surface area contributed by atoms with Gasteiger partial charge < -0.3 is 0 Å². The number of carbonyl (C=O) groups is 3. The minimum Gasteiger partial charge on any atom is -0.277 e. The molecule has 0 aromatic heterocycles. The zero-order chi connectivity index (χ0) is 13.3. The Hall–Kier alpha value is -1.83. The van der Waals surface area contributed by atoms with Gasteiger partial charge in [0.2, 0.25) is 11.8 Å². The summed E-state index contributed by atoms with van der Waals surface area (Å²) in [7, 11) is 0. The van der Waals surface area contributed by atoms with Crippen molar-refractivity contribution in [3.05, 3.63) is 0 Å². The van der Waals surface area contributed by atoms with Gasteiger partial charge in [-0.25, -0.2) is 4.79 Å². The van der Waals surface area contributed by atoms with Gasteiger partial charge in [-0.1, -0.05) is 12.8 Å². The van der Waals surface area contributed by atoms with Gasteiger partial charge in [-0.2, -0.15) is 0 Å². The molecule has 0 aromatic carbocycles. The normalized spacial score (nSPS) is 24.0. The molecule has 1 atom stereocenters. The van der Waals surface area contributed by atoms with E-state index in [4.69, 9.17) is 6.42 Å². The van der Waals surface area contributed by atoms with E-state index < -0.39 is 17.4 Å². The van der Waals surface area contributed by atoms with E-state index >= 15 is 0 Å². The number of hydrogen-bond acceptors (Lipinski definition) is 3. The molecule has 1 saturated carbocycles. The summed E-state index contributed by atoms with van der Waals surface area (Å²) in [6.07, 6.45) is 8.22. The number of imide groups is 2. The van der Waals surface area contributed by atoms with Gasteiger partial charge in [-0.3, -0.25) is 19.8 Å². The van der Waals surface area contributed by atoms with E-state index in [1.807, 2.05) is 0 Å². The van der Waals surface area contributed by atoms with E-state index in [1.54, 1.807) is 6.92 Å². The molecule has 1 spiro atoms. The van der Waals surface area contributed by atoms with Crippen molar-refractivity contribution in [2.24, 2.45) is 5.41 Å². The number of hydrogen-bond donors (Lipinski definition) is 1. The topological polar surface area (TPSA) is 66.5 Å². The number of terminal acetylenes is 1. The molecular formula is C13H16N2O3. The Labute approximate surface area is 106 Å². The summed E-state index contributed by atoms with van der Waals surface area (Å²) in [4.78, 5) is 37.3. The van der Waals surface area contributed by atoms with Gasteiger partial charge in [0.1, 0.15) is 5.41 Å². The summed E-state index contributed by atoms with van der Waals surface area (Å²) < 4.78 is 0. The maximum Gasteiger partial charge on any atom is 0.331 e. The van der Waals surface area contributed by atoms with Crippen LogP contribution >= 0.6 is 0 Å². The highest BCUT2D eigenvalue weighted by atomic mass is 16.2. The summed E-state index contributed by atoms with van der Waals surface area (Å²) in [6, 6.07) is -1.03. The molecule has 2 rings (SSSR count). The van der Waals surface area contributed by atoms with Gasteiger partial charge in [0.05, 0.1) is 0 Å². The Kier molecular flexibility index (Phi) is 3.12. The van der Waals surface area contributed by atoms with Gasteiger partial charge >= 0.3 is 6.03 Å². The Bertz CT molecular complexity index is 444. The molecule has 18 heavy (non-hydrogen) atoms. The van der Waals surface area contributed by atoms with Gasteiger partial charge in [0.15, 0.2) is 0 Å². The van der Waals surface area contributed by atoms with E-state index in [2.05, 4.69) is 11.2 Å². The van der Waals surface area contributed by atoms with Crippen LogP contribution in [0.2, 0.25) is 0 Å². The van der Waals surface area contributed by atoms with Crippen LogP contribution in [0.5, 0.6) is 0 Å². The van der Waals surface area contributed by atoms with Crippen LogP contribution in [0.25, 0.3) is 0 Å². The van der Waals surface area contributed by atoms with Crippen molar-refractivity contribution in [2.45, 2.75) is 45.1 Å². The van der Waals surface area contributed by atoms with E-state index in [0.29, 0.717) is 19.3 Å². The van der Waals surface area contributed by atoms with Crippen molar-refractivity contribution in [3.63, 3.8) is 0 Å². The fourth-order valence-corrected chi connectivity index (χ4v) is 2.78. The summed E-state index contributed by atoms with van der Waals surface area (Å²) in [6.45, 7) is 1.72. The Morgan fingerprint density at radius 2 is 2.00 bits per heavy atom. The number of rotatable bonds is 2. The molecule has 1 heterocycles. The SMILES string of the molecule is C#CCC(C)N1C(=O)NC(=O)C2(CCCC2)C1=O. The van der Waals surface area contributed by atoms with Crippen molar-refractivity contribution in [2.75, 3.05) is 0 Å². The Morgan fingerprint density at radius 3 is 2.56 bits per heavy atom. The molecule has 96 valence electrons. The summed E-state index contributed by atoms with van der Waals surface area (Å²) >= 11 is 0. The molecule has 5 nitrogen and oxygen atoms in total. The van der Waals surface area contributed by atoms with Crippen molar-refractivity contribution < 1.29 is 14.4 Å². The minimum atomic E-state index is -1.03. The fraction of sp³-hybridized carbons (Fsp3) is 0.615. The van der Waals surface area contributed by atoms with Gasteiger partial charge in [0.25, 0.3) is 0 Å². The summed E-state index contributed by atoms with van der Waals surface area (Å²) in [5.74, 6) is 1.61. The first-order valence-corrected chi connectivity index (χ1v) is 6.15. The van der Waals surface area contributed by atoms with E-state index in [1.165, 1.54) is 0 Å². The van der Waals surface area contributed by atoms with Gasteiger partial charge in [-0.15, -0.1) is 12.3 Å². The molecule has 2 fully saturated rings. The zero-order valence-corrected chi connectivity index (χ0v) is 10.4. The number of urea groups is 1. The van der Waals surface area contributed by atoms with Crippen LogP contribution < -0.4 is 5.32 Å². The second-order valence-corrected chi connectivity index (χ2v) is 4.98. The quantitative estimate of drug-likeness (QED) is 0.586. The highest BCUT2D eigenvalue weighted by molar-refractivity contribution is 6.19. The smallest absolute Gasteiger partial charge is 0.277 e. The second-order valence-electron chi connectivity index (χ2n) is 4.98. The molecule has 1 saturated heterocycles. The van der Waals surface area contributed by atoms with Crippen LogP contribution in [0.4, 0.5) is 4.79 Å². The molecule has 1 unspecified atom stereocenters. The van der Waals surface area contributed by atoms with Crippen LogP contribution in [-0.4, -0.2) is 28.8 Å². The third-order valence-corrected chi connectivity index (χ3v) is 3.81. The number of barbiturate groups is 1. The van der Waals surface area contributed by atoms with Crippen LogP contribution in [0.15, 0.2) is 0 Å². The number of carbonyl (C=O) groups excluding carboxylic acids is 3. The van der Waals surface area contributed by atoms with Gasteiger partial charge in [0, 0.05) is 12.5 Å². The number of nitrogens with one attached hydrogen (secondary N) is 1. The van der Waals surface area contributed by atoms with Crippen LogP contribution in [-0.2, 0) is 9.59 Å². The predicted molar refractivity (Wildman–Crippen MR) is 64.2 cm³/mol. The summed E-state index contributed by atoms with van der Waals surface area (Å²) in [5.41, 5.74) is -1.03. The largest absolute Gasteiger partial charge is 0.331 e. The lowest BCUT2D eigenvalue weighted by Gasteiger charge is -2.39. The molecule has 0 bridgehead atoms. The number of nitrogens with zero attached hydrogens (tertiary/aromatic N) is 1. The molecule has 1 aliphatic heterocycles. The molecule has 4 amide bonds. The molecule has 1 aliphatic carbocycles. The van der Waals surface area contributed by atoms with Crippen LogP contribution in [0.1, 0.15) is 39.0 Å². The maximum atomic E-state index is 12.5. The standard InChI is InChI=1S/C13H16N2O3/c1-3-6-9(2)15-11(17)13(7-4-5-8-13)10(16)14-12(15)18/h1,9H,4-8H2,2H3,(H,14,16,18). The summed E-state index contributed by atoms with van der Waals surface area (Å²) in [5, 5.41) is 2.29. The van der Waals surface area contributed by atoms with Crippen LogP contribution in [0, 0.1) is 17.8 Å². The lowest BCUT2D eigenvalue weighted by atomic mass is 9.81. The van der Waals surface area contributed by atoms with Crippen molar-refractivity contribution in [3.8, 4) is 12.3 Å². The molecule has 5 heteroatoms. The fourth-order valence-electron chi connectivity index (χ4n) is 2.78. The third kappa shape index (κ3) is 1.69. The number of amides is 4. The Balaban J connectivity index is 2.32. The first-order valence-electron chi connectivity index (χ1n) is 6.15. The average molecular weight is 248 g/mol. The van der Waals surface area contributed by atoms with Gasteiger partial charge in [-0.05, 0) is 19.8 Å². The van der Waals surface area contributed by atoms with Crippen molar-refractivity contribution in [1.29, 1.82) is 0 Å². The predicted octanol–water partition coefficient (Wildman–Crippen LogP) is 1.04. The van der Waals surface area contributed by atoms with E-state index in [9.17, 15) is 14.4 Å². The average Bonchev–Trinajstić information content (AvgIpc) is 2.77. The monoisotopic (exact) mass is 248 g/mol. The van der Waals surface area contributed by atoms with Crippen LogP contribution in [0.3, 0.4) is 0 Å². The third-order valence-electron chi connectivity index (χ3n) is 3.81. The molecule has 0 aromatic rings. The first kappa shape index (κ1) is 12.6. The second kappa shape index (κ2) is 4.45. The van der Waals surface area contributed by atoms with E-state index in [-0.39, 0.29) is 11.9 Å². The maximum absolute atomic E-state index is 12.5. The Morgan fingerprint density at radius 1 is 1.39 bits per heavy atom. The minimum absolute atomic E-state index is 0.295. The van der Waals surface area contributed by atoms with Crippen molar-refractivity contribution in [1.82, 2.24) is 10.2 Å². The van der Waals surface area contributed by atoms with Crippen molar-refractivity contribution >= 4 is 17.8 Å². The van der Waals surface area contributed by atoms with E-state index in [0.717, 1.165) is 17.7 Å².